The lowest BCUT2D eigenvalue weighted by Crippen LogP contribution is -2.54. The van der Waals surface area contributed by atoms with E-state index in [1.807, 2.05) is 30.3 Å². The predicted octanol–water partition coefficient (Wildman–Crippen LogP) is 4.96. The molecule has 7 nitrogen and oxygen atoms in total. The van der Waals surface area contributed by atoms with Crippen molar-refractivity contribution in [3.8, 4) is 0 Å². The van der Waals surface area contributed by atoms with E-state index in [1.165, 1.54) is 6.92 Å². The third-order valence-corrected chi connectivity index (χ3v) is 6.61. The molecule has 1 aliphatic rings. The summed E-state index contributed by atoms with van der Waals surface area (Å²) < 4.78 is 6.48. The van der Waals surface area contributed by atoms with Gasteiger partial charge in [-0.3, -0.25) is 14.4 Å². The Morgan fingerprint density at radius 2 is 1.72 bits per heavy atom. The van der Waals surface area contributed by atoms with Gasteiger partial charge >= 0.3 is 5.97 Å². The van der Waals surface area contributed by atoms with Gasteiger partial charge in [0.05, 0.1) is 6.04 Å². The largest absolute Gasteiger partial charge is 0.480 e. The Balaban J connectivity index is 1.84. The summed E-state index contributed by atoms with van der Waals surface area (Å²) in [7, 11) is 0. The molecule has 9 heteroatoms. The van der Waals surface area contributed by atoms with Crippen LogP contribution in [-0.2, 0) is 25.5 Å². The van der Waals surface area contributed by atoms with E-state index in [1.54, 1.807) is 42.5 Å². The average molecular weight is 527 g/mol. The molecular formula is C27H24Cl2N2O5. The fraction of sp³-hybridized carbons (Fsp3) is 0.222. The lowest BCUT2D eigenvalue weighted by molar-refractivity contribution is -0.152. The summed E-state index contributed by atoms with van der Waals surface area (Å²) >= 11 is 12.8. The zero-order valence-corrected chi connectivity index (χ0v) is 20.9. The second kappa shape index (κ2) is 11.1. The van der Waals surface area contributed by atoms with E-state index in [0.717, 1.165) is 10.5 Å². The first kappa shape index (κ1) is 25.7. The third kappa shape index (κ3) is 5.70. The minimum absolute atomic E-state index is 0.193. The first-order valence-corrected chi connectivity index (χ1v) is 12.0. The Bertz CT molecular complexity index is 1280. The quantitative estimate of drug-likeness (QED) is 0.453. The van der Waals surface area contributed by atoms with Crippen molar-refractivity contribution < 1.29 is 24.2 Å². The first-order valence-electron chi connectivity index (χ1n) is 11.3. The Hall–Kier alpha value is -3.39. The molecule has 0 saturated carbocycles. The number of carboxylic acids is 1. The van der Waals surface area contributed by atoms with Crippen LogP contribution in [0.25, 0.3) is 0 Å². The molecule has 3 aromatic rings. The summed E-state index contributed by atoms with van der Waals surface area (Å²) in [5.74, 6) is -2.20. The van der Waals surface area contributed by atoms with Gasteiger partial charge in [0.25, 0.3) is 5.91 Å². The van der Waals surface area contributed by atoms with Crippen LogP contribution in [-0.4, -0.2) is 46.5 Å². The summed E-state index contributed by atoms with van der Waals surface area (Å²) in [5, 5.41) is 13.3. The van der Waals surface area contributed by atoms with Crippen molar-refractivity contribution in [2.24, 2.45) is 0 Å². The first-order chi connectivity index (χ1) is 17.2. The average Bonchev–Trinajstić information content (AvgIpc) is 2.98. The molecule has 0 aliphatic carbocycles. The number of fused-ring (bicyclic) bond motifs is 1. The van der Waals surface area contributed by atoms with Crippen molar-refractivity contribution in [2.75, 3.05) is 11.9 Å². The molecule has 0 saturated heterocycles. The number of benzene rings is 3. The molecule has 0 radical (unpaired) electrons. The van der Waals surface area contributed by atoms with Crippen molar-refractivity contribution in [3.63, 3.8) is 0 Å². The number of halogens is 2. The van der Waals surface area contributed by atoms with Crippen LogP contribution in [0.5, 0.6) is 0 Å². The monoisotopic (exact) mass is 526 g/mol. The summed E-state index contributed by atoms with van der Waals surface area (Å²) in [5.41, 5.74) is 2.50. The number of hydrogen-bond donors (Lipinski definition) is 2. The van der Waals surface area contributed by atoms with Crippen LogP contribution in [0.15, 0.2) is 72.8 Å². The van der Waals surface area contributed by atoms with Gasteiger partial charge in [0, 0.05) is 33.8 Å². The van der Waals surface area contributed by atoms with Gasteiger partial charge < -0.3 is 20.1 Å². The fourth-order valence-electron chi connectivity index (χ4n) is 4.39. The second-order valence-electron chi connectivity index (χ2n) is 8.48. The lowest BCUT2D eigenvalue weighted by atomic mass is 9.97. The van der Waals surface area contributed by atoms with Gasteiger partial charge in [-0.2, -0.15) is 0 Å². The minimum Gasteiger partial charge on any atom is -0.480 e. The van der Waals surface area contributed by atoms with Crippen LogP contribution in [0, 0.1) is 0 Å². The Labute approximate surface area is 218 Å². The number of ether oxygens (including phenoxy) is 1. The third-order valence-electron chi connectivity index (χ3n) is 6.03. The van der Waals surface area contributed by atoms with Gasteiger partial charge in [-0.05, 0) is 36.2 Å². The number of amides is 2. The molecule has 3 unspecified atom stereocenters. The van der Waals surface area contributed by atoms with E-state index in [-0.39, 0.29) is 6.42 Å². The van der Waals surface area contributed by atoms with Gasteiger partial charge in [0.15, 0.2) is 6.10 Å². The highest BCUT2D eigenvalue weighted by molar-refractivity contribution is 6.31. The van der Waals surface area contributed by atoms with E-state index in [9.17, 15) is 19.5 Å². The molecule has 1 aliphatic heterocycles. The van der Waals surface area contributed by atoms with Crippen LogP contribution in [0.4, 0.5) is 5.69 Å². The van der Waals surface area contributed by atoms with E-state index in [0.29, 0.717) is 26.9 Å². The molecule has 0 spiro atoms. The molecule has 36 heavy (non-hydrogen) atoms. The van der Waals surface area contributed by atoms with Crippen LogP contribution < -0.4 is 5.32 Å². The topological polar surface area (TPSA) is 95.9 Å². The number of aliphatic carboxylic acids is 1. The zero-order chi connectivity index (χ0) is 25.8. The van der Waals surface area contributed by atoms with Crippen LogP contribution >= 0.6 is 23.2 Å². The maximum atomic E-state index is 13.6. The van der Waals surface area contributed by atoms with Crippen molar-refractivity contribution in [3.05, 3.63) is 99.5 Å². The number of nitrogens with one attached hydrogen (secondary N) is 1. The highest BCUT2D eigenvalue weighted by Gasteiger charge is 2.41. The van der Waals surface area contributed by atoms with Crippen molar-refractivity contribution in [1.29, 1.82) is 0 Å². The number of rotatable bonds is 7. The number of carbonyl (C=O) groups is 3. The van der Waals surface area contributed by atoms with Gasteiger partial charge in [-0.1, -0.05) is 71.7 Å². The highest BCUT2D eigenvalue weighted by Crippen LogP contribution is 2.40. The molecule has 3 aromatic carbocycles. The predicted molar refractivity (Wildman–Crippen MR) is 137 cm³/mol. The maximum Gasteiger partial charge on any atom is 0.323 e. The zero-order valence-electron chi connectivity index (χ0n) is 19.4. The molecule has 2 N–H and O–H groups in total. The standard InChI is InChI=1S/C27H24Cl2N2O5/c1-16(32)31(15-24(33)34)23(13-17-7-3-2-4-8-17)26-27(35)30-22-12-11-18(28)14-20(22)25(36-26)19-9-5-6-10-21(19)29/h2-12,14,23,25-26H,13,15H2,1H3,(H,30,35)(H,33,34). The summed E-state index contributed by atoms with van der Waals surface area (Å²) in [6, 6.07) is 20.4. The van der Waals surface area contributed by atoms with Crippen molar-refractivity contribution in [1.82, 2.24) is 4.90 Å². The number of carboxylic acid groups (broad SMARTS) is 1. The minimum atomic E-state index is -1.22. The second-order valence-corrected chi connectivity index (χ2v) is 9.32. The van der Waals surface area contributed by atoms with Gasteiger partial charge in [-0.15, -0.1) is 0 Å². The number of nitrogens with zero attached hydrogens (tertiary/aromatic N) is 1. The van der Waals surface area contributed by atoms with Gasteiger partial charge in [0.1, 0.15) is 12.6 Å². The van der Waals surface area contributed by atoms with Crippen LogP contribution in [0.1, 0.15) is 29.7 Å². The number of carbonyl (C=O) groups excluding carboxylic acids is 2. The summed E-state index contributed by atoms with van der Waals surface area (Å²) in [4.78, 5) is 39.1. The molecule has 0 fully saturated rings. The molecule has 0 bridgehead atoms. The lowest BCUT2D eigenvalue weighted by Gasteiger charge is -2.35. The van der Waals surface area contributed by atoms with E-state index >= 15 is 0 Å². The normalized spacial score (nSPS) is 17.9. The Morgan fingerprint density at radius 1 is 1.03 bits per heavy atom. The molecule has 3 atom stereocenters. The van der Waals surface area contributed by atoms with Crippen molar-refractivity contribution >= 4 is 46.7 Å². The van der Waals surface area contributed by atoms with Gasteiger partial charge in [0.2, 0.25) is 5.91 Å². The highest BCUT2D eigenvalue weighted by atomic mass is 35.5. The number of anilines is 1. The molecule has 186 valence electrons. The Kier molecular flexibility index (Phi) is 7.94. The molecular weight excluding hydrogens is 503 g/mol. The van der Waals surface area contributed by atoms with Crippen molar-refractivity contribution in [2.45, 2.75) is 31.6 Å². The van der Waals surface area contributed by atoms with Gasteiger partial charge in [-0.25, -0.2) is 0 Å². The maximum absolute atomic E-state index is 13.6. The van der Waals surface area contributed by atoms with E-state index < -0.39 is 42.6 Å². The van der Waals surface area contributed by atoms with E-state index in [2.05, 4.69) is 5.32 Å². The molecule has 0 aromatic heterocycles. The number of hydrogen-bond acceptors (Lipinski definition) is 4. The molecule has 4 rings (SSSR count). The van der Waals surface area contributed by atoms with Crippen LogP contribution in [0.3, 0.4) is 0 Å². The smallest absolute Gasteiger partial charge is 0.323 e. The summed E-state index contributed by atoms with van der Waals surface area (Å²) in [6.07, 6.45) is -1.84. The SMILES string of the molecule is CC(=O)N(CC(=O)O)C(Cc1ccccc1)C1OC(c2ccccc2Cl)c2cc(Cl)ccc2NC1=O. The summed E-state index contributed by atoms with van der Waals surface area (Å²) in [6.45, 7) is 0.686. The fourth-order valence-corrected chi connectivity index (χ4v) is 4.80. The Morgan fingerprint density at radius 3 is 2.39 bits per heavy atom. The molecule has 2 amide bonds. The van der Waals surface area contributed by atoms with Crippen LogP contribution in [0.2, 0.25) is 10.0 Å². The molecule has 1 heterocycles. The van der Waals surface area contributed by atoms with E-state index in [4.69, 9.17) is 27.9 Å².